The Kier molecular flexibility index (Phi) is 3.91. The first-order valence-electron chi connectivity index (χ1n) is 6.43. The highest BCUT2D eigenvalue weighted by molar-refractivity contribution is 5.83. The number of nitrogens with two attached hydrogens (primary N) is 1. The van der Waals surface area contributed by atoms with Crippen LogP contribution in [0.1, 0.15) is 37.2 Å². The summed E-state index contributed by atoms with van der Waals surface area (Å²) < 4.78 is 0. The van der Waals surface area contributed by atoms with Crippen LogP contribution in [0.3, 0.4) is 0 Å². The second-order valence-electron chi connectivity index (χ2n) is 4.97. The van der Waals surface area contributed by atoms with Gasteiger partial charge in [0, 0.05) is 12.7 Å². The molecule has 0 saturated heterocycles. The average molecular weight is 248 g/mol. The van der Waals surface area contributed by atoms with Gasteiger partial charge in [-0.1, -0.05) is 12.8 Å². The molecule has 18 heavy (non-hydrogen) atoms. The smallest absolute Gasteiger partial charge is 0.227 e. The van der Waals surface area contributed by atoms with E-state index in [0.29, 0.717) is 13.1 Å². The molecule has 0 atom stereocenters. The number of carbonyl (C=O) groups is 1. The van der Waals surface area contributed by atoms with Crippen molar-refractivity contribution in [3.05, 3.63) is 23.8 Å². The van der Waals surface area contributed by atoms with Gasteiger partial charge < -0.3 is 11.1 Å². The SMILES string of the molecule is Cc1nccc(CNC(=O)C2(CN)CCCC2)n1. The Bertz CT molecular complexity index is 427. The van der Waals surface area contributed by atoms with Crippen molar-refractivity contribution in [2.24, 2.45) is 11.1 Å². The summed E-state index contributed by atoms with van der Waals surface area (Å²) in [6, 6.07) is 1.82. The fraction of sp³-hybridized carbons (Fsp3) is 0.615. The molecule has 1 aromatic rings. The molecular formula is C13H20N4O. The number of rotatable bonds is 4. The van der Waals surface area contributed by atoms with Gasteiger partial charge in [0.05, 0.1) is 17.7 Å². The van der Waals surface area contributed by atoms with Gasteiger partial charge in [0.1, 0.15) is 5.82 Å². The minimum absolute atomic E-state index is 0.0683. The first-order valence-corrected chi connectivity index (χ1v) is 6.43. The zero-order valence-corrected chi connectivity index (χ0v) is 10.8. The third-order valence-electron chi connectivity index (χ3n) is 3.70. The van der Waals surface area contributed by atoms with Crippen LogP contribution < -0.4 is 11.1 Å². The molecule has 1 aromatic heterocycles. The summed E-state index contributed by atoms with van der Waals surface area (Å²) in [5, 5.41) is 2.95. The summed E-state index contributed by atoms with van der Waals surface area (Å²) in [5.74, 6) is 0.787. The van der Waals surface area contributed by atoms with E-state index in [9.17, 15) is 4.79 Å². The molecule has 5 heteroatoms. The summed E-state index contributed by atoms with van der Waals surface area (Å²) in [6.07, 6.45) is 5.70. The van der Waals surface area contributed by atoms with Gasteiger partial charge in [-0.05, 0) is 25.8 Å². The molecule has 3 N–H and O–H groups in total. The zero-order valence-electron chi connectivity index (χ0n) is 10.8. The lowest BCUT2D eigenvalue weighted by Crippen LogP contribution is -2.43. The van der Waals surface area contributed by atoms with Crippen LogP contribution in [0.4, 0.5) is 0 Å². The zero-order chi connectivity index (χ0) is 13.0. The van der Waals surface area contributed by atoms with Crippen molar-refractivity contribution in [3.8, 4) is 0 Å². The largest absolute Gasteiger partial charge is 0.350 e. The Hall–Kier alpha value is -1.49. The van der Waals surface area contributed by atoms with Crippen molar-refractivity contribution in [2.45, 2.75) is 39.2 Å². The lowest BCUT2D eigenvalue weighted by atomic mass is 9.85. The highest BCUT2D eigenvalue weighted by Crippen LogP contribution is 2.37. The van der Waals surface area contributed by atoms with Gasteiger partial charge in [0.15, 0.2) is 0 Å². The van der Waals surface area contributed by atoms with E-state index in [1.807, 2.05) is 13.0 Å². The second kappa shape index (κ2) is 5.44. The van der Waals surface area contributed by atoms with Gasteiger partial charge >= 0.3 is 0 Å². The molecule has 0 spiro atoms. The van der Waals surface area contributed by atoms with Gasteiger partial charge in [-0.15, -0.1) is 0 Å². The van der Waals surface area contributed by atoms with E-state index in [-0.39, 0.29) is 11.3 Å². The number of amides is 1. The lowest BCUT2D eigenvalue weighted by molar-refractivity contribution is -0.130. The van der Waals surface area contributed by atoms with Gasteiger partial charge in [-0.3, -0.25) is 4.79 Å². The number of nitrogens with zero attached hydrogens (tertiary/aromatic N) is 2. The van der Waals surface area contributed by atoms with Crippen molar-refractivity contribution in [1.29, 1.82) is 0 Å². The van der Waals surface area contributed by atoms with Crippen molar-refractivity contribution in [3.63, 3.8) is 0 Å². The topological polar surface area (TPSA) is 80.9 Å². The van der Waals surface area contributed by atoms with E-state index in [1.54, 1.807) is 6.20 Å². The van der Waals surface area contributed by atoms with Crippen LogP contribution in [0.25, 0.3) is 0 Å². The average Bonchev–Trinajstić information content (AvgIpc) is 2.86. The third-order valence-corrected chi connectivity index (χ3v) is 3.70. The third kappa shape index (κ3) is 2.67. The fourth-order valence-corrected chi connectivity index (χ4v) is 2.54. The minimum Gasteiger partial charge on any atom is -0.350 e. The molecule has 0 bridgehead atoms. The van der Waals surface area contributed by atoms with Gasteiger partial charge in [-0.2, -0.15) is 0 Å². The number of carbonyl (C=O) groups excluding carboxylic acids is 1. The Morgan fingerprint density at radius 1 is 1.50 bits per heavy atom. The summed E-state index contributed by atoms with van der Waals surface area (Å²) in [6.45, 7) is 2.72. The van der Waals surface area contributed by atoms with Crippen molar-refractivity contribution in [2.75, 3.05) is 6.54 Å². The van der Waals surface area contributed by atoms with Gasteiger partial charge in [-0.25, -0.2) is 9.97 Å². The number of nitrogens with one attached hydrogen (secondary N) is 1. The maximum absolute atomic E-state index is 12.2. The van der Waals surface area contributed by atoms with E-state index in [4.69, 9.17) is 5.73 Å². The Morgan fingerprint density at radius 2 is 2.22 bits per heavy atom. The second-order valence-corrected chi connectivity index (χ2v) is 4.97. The predicted octanol–water partition coefficient (Wildman–Crippen LogP) is 0.920. The summed E-state index contributed by atoms with van der Waals surface area (Å²) in [5.41, 5.74) is 6.27. The Morgan fingerprint density at radius 3 is 2.83 bits per heavy atom. The first-order chi connectivity index (χ1) is 8.66. The highest BCUT2D eigenvalue weighted by Gasteiger charge is 2.39. The molecular weight excluding hydrogens is 228 g/mol. The summed E-state index contributed by atoms with van der Waals surface area (Å²) in [7, 11) is 0. The monoisotopic (exact) mass is 248 g/mol. The number of aryl methyl sites for hydroxylation is 1. The molecule has 0 unspecified atom stereocenters. The summed E-state index contributed by atoms with van der Waals surface area (Å²) >= 11 is 0. The Labute approximate surface area is 107 Å². The van der Waals surface area contributed by atoms with Gasteiger partial charge in [0.25, 0.3) is 0 Å². The quantitative estimate of drug-likeness (QED) is 0.830. The number of hydrogen-bond acceptors (Lipinski definition) is 4. The van der Waals surface area contributed by atoms with Gasteiger partial charge in [0.2, 0.25) is 5.91 Å². The van der Waals surface area contributed by atoms with E-state index < -0.39 is 0 Å². The maximum atomic E-state index is 12.2. The van der Waals surface area contributed by atoms with Crippen LogP contribution in [-0.2, 0) is 11.3 Å². The van der Waals surface area contributed by atoms with Crippen LogP contribution in [0.15, 0.2) is 12.3 Å². The van der Waals surface area contributed by atoms with Crippen LogP contribution >= 0.6 is 0 Å². The molecule has 0 aromatic carbocycles. The molecule has 2 rings (SSSR count). The van der Waals surface area contributed by atoms with Crippen molar-refractivity contribution in [1.82, 2.24) is 15.3 Å². The normalized spacial score (nSPS) is 17.7. The fourth-order valence-electron chi connectivity index (χ4n) is 2.54. The molecule has 0 radical (unpaired) electrons. The molecule has 1 amide bonds. The lowest BCUT2D eigenvalue weighted by Gasteiger charge is -2.25. The van der Waals surface area contributed by atoms with E-state index in [0.717, 1.165) is 37.2 Å². The van der Waals surface area contributed by atoms with Crippen LogP contribution in [0.2, 0.25) is 0 Å². The molecule has 0 aliphatic heterocycles. The van der Waals surface area contributed by atoms with E-state index >= 15 is 0 Å². The van der Waals surface area contributed by atoms with E-state index in [2.05, 4.69) is 15.3 Å². The molecule has 5 nitrogen and oxygen atoms in total. The predicted molar refractivity (Wildman–Crippen MR) is 68.6 cm³/mol. The molecule has 1 fully saturated rings. The first kappa shape index (κ1) is 13.0. The molecule has 1 aliphatic carbocycles. The molecule has 1 aliphatic rings. The Balaban J connectivity index is 1.95. The standard InChI is InChI=1S/C13H20N4O/c1-10-15-7-4-11(17-10)8-16-12(18)13(9-14)5-2-3-6-13/h4,7H,2-3,5-6,8-9,14H2,1H3,(H,16,18). The number of aromatic nitrogens is 2. The van der Waals surface area contributed by atoms with Crippen LogP contribution in [-0.4, -0.2) is 22.4 Å². The van der Waals surface area contributed by atoms with Crippen LogP contribution in [0.5, 0.6) is 0 Å². The van der Waals surface area contributed by atoms with E-state index in [1.165, 1.54) is 0 Å². The maximum Gasteiger partial charge on any atom is 0.227 e. The van der Waals surface area contributed by atoms with Crippen LogP contribution in [0, 0.1) is 12.3 Å². The molecule has 1 saturated carbocycles. The highest BCUT2D eigenvalue weighted by atomic mass is 16.2. The molecule has 1 heterocycles. The summed E-state index contributed by atoms with van der Waals surface area (Å²) in [4.78, 5) is 20.5. The van der Waals surface area contributed by atoms with Crippen molar-refractivity contribution >= 4 is 5.91 Å². The molecule has 98 valence electrons. The van der Waals surface area contributed by atoms with Crippen molar-refractivity contribution < 1.29 is 4.79 Å². The minimum atomic E-state index is -0.345. The number of hydrogen-bond donors (Lipinski definition) is 2.